The van der Waals surface area contributed by atoms with Crippen LogP contribution in [0.2, 0.25) is 0 Å². The predicted molar refractivity (Wildman–Crippen MR) is 121 cm³/mol. The molecule has 0 aliphatic carbocycles. The van der Waals surface area contributed by atoms with Crippen LogP contribution >= 0.6 is 11.3 Å². The molecule has 3 aromatic rings. The second-order valence-corrected chi connectivity index (χ2v) is 9.88. The molecule has 0 radical (unpaired) electrons. The molecule has 1 fully saturated rings. The fourth-order valence-corrected chi connectivity index (χ4v) is 5.45. The topological polar surface area (TPSA) is 88.6 Å². The summed E-state index contributed by atoms with van der Waals surface area (Å²) < 4.78 is 32.3. The van der Waals surface area contributed by atoms with E-state index in [0.29, 0.717) is 31.4 Å². The maximum absolute atomic E-state index is 12.9. The largest absolute Gasteiger partial charge is 0.379 e. The molecule has 0 unspecified atom stereocenters. The summed E-state index contributed by atoms with van der Waals surface area (Å²) in [4.78, 5) is 17.3. The second kappa shape index (κ2) is 9.27. The van der Waals surface area contributed by atoms with Gasteiger partial charge in [-0.05, 0) is 30.2 Å². The van der Waals surface area contributed by atoms with Crippen LogP contribution in [0.25, 0.3) is 11.3 Å². The highest BCUT2D eigenvalue weighted by molar-refractivity contribution is 7.89. The highest BCUT2D eigenvalue weighted by Gasteiger charge is 2.27. The number of nitrogens with zero attached hydrogens (tertiary/aromatic N) is 2. The van der Waals surface area contributed by atoms with E-state index in [1.807, 2.05) is 17.5 Å². The van der Waals surface area contributed by atoms with Crippen molar-refractivity contribution in [3.05, 3.63) is 65.0 Å². The number of carbonyl (C=O) groups excluding carboxylic acids is 1. The average Bonchev–Trinajstić information content (AvgIpc) is 3.28. The zero-order chi connectivity index (χ0) is 21.8. The van der Waals surface area contributed by atoms with Gasteiger partial charge in [-0.3, -0.25) is 10.1 Å². The number of aryl methyl sites for hydroxylation is 1. The molecule has 1 amide bonds. The van der Waals surface area contributed by atoms with Gasteiger partial charge in [0, 0.05) is 29.6 Å². The molecular formula is C22H23N3O4S2. The van der Waals surface area contributed by atoms with E-state index in [-0.39, 0.29) is 10.5 Å². The van der Waals surface area contributed by atoms with Gasteiger partial charge in [-0.25, -0.2) is 13.4 Å². The molecule has 2 heterocycles. The van der Waals surface area contributed by atoms with E-state index in [1.54, 1.807) is 12.1 Å². The van der Waals surface area contributed by atoms with Gasteiger partial charge < -0.3 is 4.74 Å². The van der Waals surface area contributed by atoms with E-state index in [1.165, 1.54) is 33.3 Å². The molecule has 0 saturated carbocycles. The standard InChI is InChI=1S/C22H23N3O4S2/c1-2-16-6-8-17(9-7-16)20-15-30-22(23-20)24-21(26)18-4-3-5-19(14-18)31(27,28)25-10-12-29-13-11-25/h3-9,14-15H,2,10-13H2,1H3,(H,23,24,26). The van der Waals surface area contributed by atoms with E-state index in [9.17, 15) is 13.2 Å². The Labute approximate surface area is 185 Å². The third kappa shape index (κ3) is 4.85. The number of thiazole rings is 1. The first-order valence-corrected chi connectivity index (χ1v) is 12.3. The van der Waals surface area contributed by atoms with E-state index >= 15 is 0 Å². The number of sulfonamides is 1. The molecule has 1 aromatic heterocycles. The van der Waals surface area contributed by atoms with E-state index in [0.717, 1.165) is 17.7 Å². The summed E-state index contributed by atoms with van der Waals surface area (Å²) in [5.41, 5.74) is 3.27. The summed E-state index contributed by atoms with van der Waals surface area (Å²) in [5, 5.41) is 5.11. The second-order valence-electron chi connectivity index (χ2n) is 7.09. The first kappa shape index (κ1) is 21.6. The normalized spacial score (nSPS) is 15.0. The molecule has 7 nitrogen and oxygen atoms in total. The molecular weight excluding hydrogens is 434 g/mol. The molecule has 1 aliphatic rings. The monoisotopic (exact) mass is 457 g/mol. The van der Waals surface area contributed by atoms with Crippen LogP contribution in [-0.2, 0) is 21.2 Å². The first-order chi connectivity index (χ1) is 15.0. The van der Waals surface area contributed by atoms with Crippen LogP contribution in [0.5, 0.6) is 0 Å². The number of hydrogen-bond acceptors (Lipinski definition) is 6. The lowest BCUT2D eigenvalue weighted by Crippen LogP contribution is -2.40. The Bertz CT molecular complexity index is 1170. The van der Waals surface area contributed by atoms with Crippen LogP contribution in [-0.4, -0.2) is 49.9 Å². The molecule has 1 aliphatic heterocycles. The Morgan fingerprint density at radius 1 is 1.16 bits per heavy atom. The predicted octanol–water partition coefficient (Wildman–Crippen LogP) is 3.65. The van der Waals surface area contributed by atoms with Crippen LogP contribution < -0.4 is 5.32 Å². The smallest absolute Gasteiger partial charge is 0.257 e. The van der Waals surface area contributed by atoms with Crippen molar-refractivity contribution in [2.75, 3.05) is 31.6 Å². The molecule has 162 valence electrons. The molecule has 2 aromatic carbocycles. The number of benzene rings is 2. The van der Waals surface area contributed by atoms with Gasteiger partial charge >= 0.3 is 0 Å². The van der Waals surface area contributed by atoms with Crippen molar-refractivity contribution in [3.63, 3.8) is 0 Å². The summed E-state index contributed by atoms with van der Waals surface area (Å²) >= 11 is 1.33. The number of rotatable bonds is 6. The summed E-state index contributed by atoms with van der Waals surface area (Å²) in [6, 6.07) is 14.2. The Kier molecular flexibility index (Phi) is 6.47. The van der Waals surface area contributed by atoms with Crippen molar-refractivity contribution >= 4 is 32.4 Å². The molecule has 31 heavy (non-hydrogen) atoms. The summed E-state index contributed by atoms with van der Waals surface area (Å²) in [5.74, 6) is -0.402. The van der Waals surface area contributed by atoms with Crippen LogP contribution in [0.1, 0.15) is 22.8 Å². The number of hydrogen-bond donors (Lipinski definition) is 1. The van der Waals surface area contributed by atoms with Crippen molar-refractivity contribution in [1.29, 1.82) is 0 Å². The minimum Gasteiger partial charge on any atom is -0.379 e. The van der Waals surface area contributed by atoms with Gasteiger partial charge in [-0.2, -0.15) is 4.31 Å². The van der Waals surface area contributed by atoms with E-state index < -0.39 is 15.9 Å². The van der Waals surface area contributed by atoms with Crippen LogP contribution in [0.15, 0.2) is 58.8 Å². The SMILES string of the molecule is CCc1ccc(-c2csc(NC(=O)c3cccc(S(=O)(=O)N4CCOCC4)c3)n2)cc1. The van der Waals surface area contributed by atoms with Gasteiger partial charge in [-0.15, -0.1) is 11.3 Å². The van der Waals surface area contributed by atoms with Crippen molar-refractivity contribution in [2.45, 2.75) is 18.2 Å². The van der Waals surface area contributed by atoms with Crippen molar-refractivity contribution in [3.8, 4) is 11.3 Å². The average molecular weight is 458 g/mol. The Morgan fingerprint density at radius 2 is 1.90 bits per heavy atom. The third-order valence-electron chi connectivity index (χ3n) is 5.09. The first-order valence-electron chi connectivity index (χ1n) is 10.0. The minimum absolute atomic E-state index is 0.0953. The Morgan fingerprint density at radius 3 is 2.61 bits per heavy atom. The van der Waals surface area contributed by atoms with Crippen LogP contribution in [0.4, 0.5) is 5.13 Å². The summed E-state index contributed by atoms with van der Waals surface area (Å²) in [7, 11) is -3.67. The highest BCUT2D eigenvalue weighted by Crippen LogP contribution is 2.26. The Balaban J connectivity index is 1.49. The van der Waals surface area contributed by atoms with E-state index in [4.69, 9.17) is 4.74 Å². The molecule has 0 atom stereocenters. The summed E-state index contributed by atoms with van der Waals surface area (Å²) in [6.07, 6.45) is 0.971. The molecule has 0 bridgehead atoms. The van der Waals surface area contributed by atoms with Crippen molar-refractivity contribution < 1.29 is 17.9 Å². The van der Waals surface area contributed by atoms with Crippen LogP contribution in [0, 0.1) is 0 Å². The fraction of sp³-hybridized carbons (Fsp3) is 0.273. The molecule has 1 saturated heterocycles. The van der Waals surface area contributed by atoms with Gasteiger partial charge in [0.15, 0.2) is 5.13 Å². The number of carbonyl (C=O) groups is 1. The third-order valence-corrected chi connectivity index (χ3v) is 7.74. The lowest BCUT2D eigenvalue weighted by Gasteiger charge is -2.26. The van der Waals surface area contributed by atoms with Gasteiger partial charge in [0.05, 0.1) is 23.8 Å². The number of amides is 1. The number of morpholine rings is 1. The lowest BCUT2D eigenvalue weighted by atomic mass is 10.1. The van der Waals surface area contributed by atoms with Crippen molar-refractivity contribution in [2.24, 2.45) is 0 Å². The maximum Gasteiger partial charge on any atom is 0.257 e. The molecule has 1 N–H and O–H groups in total. The fourth-order valence-electron chi connectivity index (χ4n) is 3.28. The van der Waals surface area contributed by atoms with Gasteiger partial charge in [-0.1, -0.05) is 37.3 Å². The quantitative estimate of drug-likeness (QED) is 0.610. The van der Waals surface area contributed by atoms with E-state index in [2.05, 4.69) is 29.4 Å². The molecule has 9 heteroatoms. The Hall–Kier alpha value is -2.59. The van der Waals surface area contributed by atoms with Gasteiger partial charge in [0.1, 0.15) is 0 Å². The highest BCUT2D eigenvalue weighted by atomic mass is 32.2. The van der Waals surface area contributed by atoms with Crippen molar-refractivity contribution in [1.82, 2.24) is 9.29 Å². The van der Waals surface area contributed by atoms with Crippen LogP contribution in [0.3, 0.4) is 0 Å². The number of ether oxygens (including phenoxy) is 1. The zero-order valence-electron chi connectivity index (χ0n) is 17.1. The lowest BCUT2D eigenvalue weighted by molar-refractivity contribution is 0.0730. The van der Waals surface area contributed by atoms with Gasteiger partial charge in [0.2, 0.25) is 10.0 Å². The number of aromatic nitrogens is 1. The zero-order valence-corrected chi connectivity index (χ0v) is 18.7. The molecule has 4 rings (SSSR count). The number of anilines is 1. The number of nitrogens with one attached hydrogen (secondary N) is 1. The minimum atomic E-state index is -3.67. The summed E-state index contributed by atoms with van der Waals surface area (Å²) in [6.45, 7) is 3.45. The maximum atomic E-state index is 12.9. The van der Waals surface area contributed by atoms with Gasteiger partial charge in [0.25, 0.3) is 5.91 Å². The molecule has 0 spiro atoms.